The fraction of sp³-hybridized carbons (Fsp3) is 0.679. The molecule has 4 nitrogen and oxygen atoms in total. The number of rotatable bonds is 4. The van der Waals surface area contributed by atoms with Crippen LogP contribution in [0.5, 0.6) is 0 Å². The summed E-state index contributed by atoms with van der Waals surface area (Å²) in [7, 11) is -3.75. The lowest BCUT2D eigenvalue weighted by Gasteiger charge is -2.58. The van der Waals surface area contributed by atoms with Gasteiger partial charge in [0, 0.05) is 5.92 Å². The van der Waals surface area contributed by atoms with Gasteiger partial charge in [-0.1, -0.05) is 43.2 Å². The third-order valence-electron chi connectivity index (χ3n) is 10.1. The molecule has 5 heteroatoms. The molecular weight excluding hydrogens is 432 g/mol. The number of benzene rings is 1. The zero-order chi connectivity index (χ0) is 23.6. The van der Waals surface area contributed by atoms with Crippen molar-refractivity contribution >= 4 is 15.9 Å². The molecule has 0 heterocycles. The van der Waals surface area contributed by atoms with Crippen molar-refractivity contribution in [2.45, 2.75) is 90.1 Å². The van der Waals surface area contributed by atoms with Gasteiger partial charge in [0.25, 0.3) is 10.1 Å². The van der Waals surface area contributed by atoms with E-state index in [0.717, 1.165) is 37.7 Å². The summed E-state index contributed by atoms with van der Waals surface area (Å²) in [6, 6.07) is 6.90. The van der Waals surface area contributed by atoms with Crippen molar-refractivity contribution in [2.24, 2.45) is 34.5 Å². The zero-order valence-corrected chi connectivity index (χ0v) is 21.3. The van der Waals surface area contributed by atoms with Crippen LogP contribution in [0.4, 0.5) is 0 Å². The second-order valence-corrected chi connectivity index (χ2v) is 13.3. The number of ketones is 1. The Morgan fingerprint density at radius 2 is 1.73 bits per heavy atom. The molecule has 4 aliphatic rings. The van der Waals surface area contributed by atoms with E-state index in [9.17, 15) is 13.2 Å². The Labute approximate surface area is 199 Å². The number of Topliss-reactive ketones (excluding diaryl/α,β-unsaturated/α-hetero) is 1. The van der Waals surface area contributed by atoms with E-state index in [1.54, 1.807) is 19.1 Å². The van der Waals surface area contributed by atoms with Crippen LogP contribution in [0.25, 0.3) is 0 Å². The molecular formula is C28H38O4S. The van der Waals surface area contributed by atoms with Gasteiger partial charge >= 0.3 is 0 Å². The first-order chi connectivity index (χ1) is 15.5. The Kier molecular flexibility index (Phi) is 5.68. The molecule has 4 aliphatic carbocycles. The van der Waals surface area contributed by atoms with Crippen molar-refractivity contribution in [1.82, 2.24) is 0 Å². The summed E-state index contributed by atoms with van der Waals surface area (Å²) in [5, 5.41) is 0. The van der Waals surface area contributed by atoms with E-state index in [2.05, 4.69) is 19.9 Å². The third kappa shape index (κ3) is 3.74. The second-order valence-electron chi connectivity index (χ2n) is 11.8. The first-order valence-corrected chi connectivity index (χ1v) is 14.2. The van der Waals surface area contributed by atoms with Crippen LogP contribution in [0, 0.1) is 41.4 Å². The van der Waals surface area contributed by atoms with Gasteiger partial charge in [0.15, 0.2) is 0 Å². The molecule has 0 amide bonds. The van der Waals surface area contributed by atoms with E-state index in [1.165, 1.54) is 18.4 Å². The second kappa shape index (κ2) is 8.05. The van der Waals surface area contributed by atoms with Gasteiger partial charge in [-0.25, -0.2) is 0 Å². The summed E-state index contributed by atoms with van der Waals surface area (Å²) in [5.41, 5.74) is 2.73. The van der Waals surface area contributed by atoms with Crippen LogP contribution in [0.1, 0.15) is 77.7 Å². The van der Waals surface area contributed by atoms with Crippen molar-refractivity contribution in [1.29, 1.82) is 0 Å². The molecule has 33 heavy (non-hydrogen) atoms. The number of aryl methyl sites for hydroxylation is 1. The lowest BCUT2D eigenvalue weighted by Crippen LogP contribution is -2.51. The van der Waals surface area contributed by atoms with E-state index < -0.39 is 10.1 Å². The number of hydrogen-bond acceptors (Lipinski definition) is 4. The first-order valence-electron chi connectivity index (χ1n) is 12.7. The highest BCUT2D eigenvalue weighted by atomic mass is 32.2. The van der Waals surface area contributed by atoms with E-state index in [0.29, 0.717) is 30.0 Å². The fourth-order valence-electron chi connectivity index (χ4n) is 8.32. The van der Waals surface area contributed by atoms with E-state index in [-0.39, 0.29) is 27.7 Å². The SMILES string of the molecule is CC(=O)C1CCC2C3CC=C4CC(OS(=O)(=O)c5ccc(C)cc5)CCC4(C)C3CC[C@]12C. The monoisotopic (exact) mass is 470 g/mol. The molecule has 1 aromatic carbocycles. The number of allylic oxidation sites excluding steroid dienone is 1. The largest absolute Gasteiger partial charge is 0.300 e. The molecule has 0 aromatic heterocycles. The quantitative estimate of drug-likeness (QED) is 0.386. The minimum absolute atomic E-state index is 0.131. The van der Waals surface area contributed by atoms with Crippen LogP contribution >= 0.6 is 0 Å². The molecule has 1 aromatic rings. The number of carbonyl (C=O) groups is 1. The molecule has 180 valence electrons. The summed E-state index contributed by atoms with van der Waals surface area (Å²) in [5.74, 6) is 2.53. The average Bonchev–Trinajstić information content (AvgIpc) is 3.11. The predicted molar refractivity (Wildman–Crippen MR) is 129 cm³/mol. The van der Waals surface area contributed by atoms with Crippen molar-refractivity contribution in [3.63, 3.8) is 0 Å². The van der Waals surface area contributed by atoms with Crippen LogP contribution in [0.3, 0.4) is 0 Å². The summed E-state index contributed by atoms with van der Waals surface area (Å²) in [6.07, 6.45) is 10.2. The van der Waals surface area contributed by atoms with Crippen LogP contribution in [-0.2, 0) is 19.1 Å². The van der Waals surface area contributed by atoms with Gasteiger partial charge in [-0.3, -0.25) is 8.98 Å². The van der Waals surface area contributed by atoms with Gasteiger partial charge < -0.3 is 0 Å². The molecule has 0 radical (unpaired) electrons. The van der Waals surface area contributed by atoms with Gasteiger partial charge in [0.1, 0.15) is 5.78 Å². The maximum absolute atomic E-state index is 12.9. The molecule has 7 atom stereocenters. The Morgan fingerprint density at radius 1 is 1.00 bits per heavy atom. The summed E-state index contributed by atoms with van der Waals surface area (Å²) in [6.45, 7) is 8.54. The maximum Gasteiger partial charge on any atom is 0.297 e. The molecule has 3 fully saturated rings. The minimum atomic E-state index is -3.75. The van der Waals surface area contributed by atoms with E-state index >= 15 is 0 Å². The smallest absolute Gasteiger partial charge is 0.297 e. The van der Waals surface area contributed by atoms with Crippen LogP contribution in [0.2, 0.25) is 0 Å². The first kappa shape index (κ1) is 23.3. The molecule has 0 spiro atoms. The van der Waals surface area contributed by atoms with Gasteiger partial charge in [-0.15, -0.1) is 0 Å². The molecule has 5 rings (SSSR count). The van der Waals surface area contributed by atoms with Gasteiger partial charge in [0.05, 0.1) is 11.0 Å². The summed E-state index contributed by atoms with van der Waals surface area (Å²) >= 11 is 0. The molecule has 0 aliphatic heterocycles. The Balaban J connectivity index is 1.34. The van der Waals surface area contributed by atoms with Crippen molar-refractivity contribution in [2.75, 3.05) is 0 Å². The number of fused-ring (bicyclic) bond motifs is 5. The van der Waals surface area contributed by atoms with Gasteiger partial charge in [-0.05, 0) is 106 Å². The normalized spacial score (nSPS) is 40.4. The van der Waals surface area contributed by atoms with Gasteiger partial charge in [-0.2, -0.15) is 8.42 Å². The topological polar surface area (TPSA) is 60.4 Å². The van der Waals surface area contributed by atoms with Crippen molar-refractivity contribution < 1.29 is 17.4 Å². The summed E-state index contributed by atoms with van der Waals surface area (Å²) < 4.78 is 31.5. The Bertz CT molecular complexity index is 1070. The maximum atomic E-state index is 12.9. The highest BCUT2D eigenvalue weighted by molar-refractivity contribution is 7.86. The van der Waals surface area contributed by atoms with Crippen LogP contribution in [-0.4, -0.2) is 20.3 Å². The lowest BCUT2D eigenvalue weighted by atomic mass is 9.47. The highest BCUT2D eigenvalue weighted by Crippen LogP contribution is 2.66. The average molecular weight is 471 g/mol. The Hall–Kier alpha value is -1.46. The van der Waals surface area contributed by atoms with Crippen molar-refractivity contribution in [3.05, 3.63) is 41.5 Å². The molecule has 6 unspecified atom stereocenters. The molecule has 0 N–H and O–H groups in total. The van der Waals surface area contributed by atoms with Gasteiger partial charge in [0.2, 0.25) is 0 Å². The Morgan fingerprint density at radius 3 is 2.42 bits per heavy atom. The van der Waals surface area contributed by atoms with E-state index in [1.807, 2.05) is 19.1 Å². The van der Waals surface area contributed by atoms with Crippen LogP contribution < -0.4 is 0 Å². The molecule has 0 saturated heterocycles. The lowest BCUT2D eigenvalue weighted by molar-refractivity contribution is -0.127. The minimum Gasteiger partial charge on any atom is -0.300 e. The molecule has 3 saturated carbocycles. The number of carbonyl (C=O) groups excluding carboxylic acids is 1. The molecule has 0 bridgehead atoms. The van der Waals surface area contributed by atoms with E-state index in [4.69, 9.17) is 4.18 Å². The summed E-state index contributed by atoms with van der Waals surface area (Å²) in [4.78, 5) is 12.6. The highest BCUT2D eigenvalue weighted by Gasteiger charge is 2.59. The third-order valence-corrected chi connectivity index (χ3v) is 11.5. The standard InChI is InChI=1S/C28H38O4S/c1-18-5-8-22(9-6-18)33(30,31)32-21-13-15-27(3)20(17-21)7-10-23-25-12-11-24(19(2)29)28(25,4)16-14-26(23)27/h5-9,21,23-26H,10-17H2,1-4H3/t21?,23?,24?,25?,26?,27?,28-/m1/s1. The van der Waals surface area contributed by atoms with Crippen LogP contribution in [0.15, 0.2) is 40.8 Å². The number of hydrogen-bond donors (Lipinski definition) is 0. The fourth-order valence-corrected chi connectivity index (χ4v) is 9.42. The predicted octanol–water partition coefficient (Wildman–Crippen LogP) is 6.24. The zero-order valence-electron chi connectivity index (χ0n) is 20.5. The van der Waals surface area contributed by atoms with Crippen molar-refractivity contribution in [3.8, 4) is 0 Å².